The summed E-state index contributed by atoms with van der Waals surface area (Å²) in [6.45, 7) is 1.87. The summed E-state index contributed by atoms with van der Waals surface area (Å²) in [6, 6.07) is 5.13. The maximum atomic E-state index is 14.0. The molecule has 1 fully saturated rings. The lowest BCUT2D eigenvalue weighted by atomic mass is 9.96. The molecule has 0 radical (unpaired) electrons. The van der Waals surface area contributed by atoms with Gasteiger partial charge in [0.05, 0.1) is 5.92 Å². The summed E-state index contributed by atoms with van der Waals surface area (Å²) < 4.78 is 54.6. The molecule has 138 valence electrons. The van der Waals surface area contributed by atoms with Crippen molar-refractivity contribution >= 4 is 17.4 Å². The first-order chi connectivity index (χ1) is 12.4. The van der Waals surface area contributed by atoms with Crippen LogP contribution in [-0.2, 0) is 4.79 Å². The summed E-state index contributed by atoms with van der Waals surface area (Å²) in [6.07, 6.45) is 0.914. The lowest BCUT2D eigenvalue weighted by molar-refractivity contribution is -0.120. The number of carbonyl (C=O) groups is 1. The van der Waals surface area contributed by atoms with Gasteiger partial charge in [-0.05, 0) is 31.9 Å². The minimum Gasteiger partial charge on any atom is -0.366 e. The van der Waals surface area contributed by atoms with Crippen LogP contribution >= 0.6 is 0 Å². The average Bonchev–Trinajstić information content (AvgIpc) is 2.60. The van der Waals surface area contributed by atoms with E-state index < -0.39 is 35.1 Å². The van der Waals surface area contributed by atoms with E-state index in [0.717, 1.165) is 10.6 Å². The van der Waals surface area contributed by atoms with E-state index in [9.17, 15) is 22.4 Å². The molecule has 1 aliphatic rings. The number of anilines is 2. The molecule has 0 bridgehead atoms. The van der Waals surface area contributed by atoms with Gasteiger partial charge in [-0.25, -0.2) is 4.98 Å². The van der Waals surface area contributed by atoms with Crippen molar-refractivity contribution in [2.24, 2.45) is 5.92 Å². The molecule has 5 nitrogen and oxygen atoms in total. The second-order valence-corrected chi connectivity index (χ2v) is 6.11. The first-order valence-corrected chi connectivity index (χ1v) is 8.06. The van der Waals surface area contributed by atoms with E-state index in [1.54, 1.807) is 25.1 Å². The quantitative estimate of drug-likeness (QED) is 0.668. The summed E-state index contributed by atoms with van der Waals surface area (Å²) >= 11 is 0. The number of nitrogens with one attached hydrogen (secondary N) is 1. The van der Waals surface area contributed by atoms with E-state index in [0.29, 0.717) is 18.7 Å². The molecule has 2 aromatic heterocycles. The van der Waals surface area contributed by atoms with E-state index in [4.69, 9.17) is 0 Å². The molecule has 1 atom stereocenters. The number of carbonyl (C=O) groups excluding carboxylic acids is 1. The molecule has 1 N–H and O–H groups in total. The number of aromatic nitrogens is 2. The maximum absolute atomic E-state index is 14.0. The van der Waals surface area contributed by atoms with Gasteiger partial charge in [-0.2, -0.15) is 22.5 Å². The number of rotatable bonds is 3. The first-order valence-electron chi connectivity index (χ1n) is 8.06. The van der Waals surface area contributed by atoms with Crippen LogP contribution in [0.5, 0.6) is 0 Å². The molecule has 1 saturated heterocycles. The number of amides is 1. The average molecular weight is 368 g/mol. The van der Waals surface area contributed by atoms with Crippen LogP contribution < -0.4 is 10.2 Å². The zero-order valence-electron chi connectivity index (χ0n) is 13.9. The molecular formula is C17H16F4N4O. The standard InChI is InChI=1S/C17H16F4N4O/c1-9-4-2-6-11(22-9)23-17(26)10-5-3-7-25(8-10)14-12(18)15(20)24-16(21)13(14)19/h2,4,6,10H,3,5,7-8H2,1H3,(H,22,23,26). The van der Waals surface area contributed by atoms with Gasteiger partial charge in [0.15, 0.2) is 0 Å². The van der Waals surface area contributed by atoms with E-state index in [1.165, 1.54) is 0 Å². The fourth-order valence-corrected chi connectivity index (χ4v) is 2.99. The number of aryl methyl sites for hydroxylation is 1. The third-order valence-electron chi connectivity index (χ3n) is 4.22. The van der Waals surface area contributed by atoms with Crippen molar-refractivity contribution in [2.75, 3.05) is 23.3 Å². The highest BCUT2D eigenvalue weighted by Crippen LogP contribution is 2.30. The first kappa shape index (κ1) is 18.1. The second-order valence-electron chi connectivity index (χ2n) is 6.11. The Morgan fingerprint density at radius 1 is 1.15 bits per heavy atom. The molecule has 0 aliphatic carbocycles. The van der Waals surface area contributed by atoms with Gasteiger partial charge in [0, 0.05) is 18.8 Å². The minimum absolute atomic E-state index is 0.0750. The molecule has 3 rings (SSSR count). The summed E-state index contributed by atoms with van der Waals surface area (Å²) in [7, 11) is 0. The predicted octanol–water partition coefficient (Wildman–Crippen LogP) is 3.20. The Morgan fingerprint density at radius 3 is 2.50 bits per heavy atom. The predicted molar refractivity (Wildman–Crippen MR) is 86.6 cm³/mol. The lowest BCUT2D eigenvalue weighted by Crippen LogP contribution is -2.42. The maximum Gasteiger partial charge on any atom is 0.253 e. The fourth-order valence-electron chi connectivity index (χ4n) is 2.99. The molecule has 26 heavy (non-hydrogen) atoms. The Bertz CT molecular complexity index is 820. The van der Waals surface area contributed by atoms with Gasteiger partial charge >= 0.3 is 0 Å². The molecule has 1 unspecified atom stereocenters. The van der Waals surface area contributed by atoms with Crippen molar-refractivity contribution in [3.63, 3.8) is 0 Å². The molecule has 3 heterocycles. The fraction of sp³-hybridized carbons (Fsp3) is 0.353. The van der Waals surface area contributed by atoms with Crippen LogP contribution in [0.25, 0.3) is 0 Å². The second kappa shape index (κ2) is 7.27. The number of hydrogen-bond acceptors (Lipinski definition) is 4. The number of pyridine rings is 2. The Hall–Kier alpha value is -2.71. The summed E-state index contributed by atoms with van der Waals surface area (Å²) in [5.41, 5.74) is -0.110. The number of halogens is 4. The van der Waals surface area contributed by atoms with E-state index in [2.05, 4.69) is 15.3 Å². The van der Waals surface area contributed by atoms with Crippen LogP contribution in [0.4, 0.5) is 29.1 Å². The van der Waals surface area contributed by atoms with E-state index >= 15 is 0 Å². The summed E-state index contributed by atoms with van der Waals surface area (Å²) in [5.74, 6) is -7.17. The Balaban J connectivity index is 1.79. The SMILES string of the molecule is Cc1cccc(NC(=O)C2CCCN(c3c(F)c(F)nc(F)c3F)C2)n1. The third kappa shape index (κ3) is 3.61. The van der Waals surface area contributed by atoms with Crippen molar-refractivity contribution in [3.8, 4) is 0 Å². The zero-order chi connectivity index (χ0) is 18.8. The highest BCUT2D eigenvalue weighted by Gasteiger charge is 2.32. The largest absolute Gasteiger partial charge is 0.366 e. The van der Waals surface area contributed by atoms with Gasteiger partial charge in [-0.15, -0.1) is 0 Å². The van der Waals surface area contributed by atoms with Gasteiger partial charge in [0.25, 0.3) is 11.9 Å². The van der Waals surface area contributed by atoms with Crippen molar-refractivity contribution in [2.45, 2.75) is 19.8 Å². The molecule has 0 spiro atoms. The van der Waals surface area contributed by atoms with Crippen LogP contribution in [-0.4, -0.2) is 29.0 Å². The lowest BCUT2D eigenvalue weighted by Gasteiger charge is -2.33. The molecular weight excluding hydrogens is 352 g/mol. The highest BCUT2D eigenvalue weighted by atomic mass is 19.2. The van der Waals surface area contributed by atoms with Crippen molar-refractivity contribution in [1.82, 2.24) is 9.97 Å². The number of hydrogen-bond donors (Lipinski definition) is 1. The molecule has 0 saturated carbocycles. The van der Waals surface area contributed by atoms with Gasteiger partial charge in [-0.1, -0.05) is 6.07 Å². The van der Waals surface area contributed by atoms with Gasteiger partial charge in [0.1, 0.15) is 11.5 Å². The normalized spacial score (nSPS) is 17.3. The molecule has 1 aliphatic heterocycles. The van der Waals surface area contributed by atoms with Crippen molar-refractivity contribution in [3.05, 3.63) is 47.4 Å². The van der Waals surface area contributed by atoms with Crippen LogP contribution in [0.1, 0.15) is 18.5 Å². The Morgan fingerprint density at radius 2 is 1.85 bits per heavy atom. The minimum atomic E-state index is -1.71. The van der Waals surface area contributed by atoms with Crippen LogP contribution in [0, 0.1) is 36.4 Å². The Kier molecular flexibility index (Phi) is 5.06. The number of nitrogens with zero attached hydrogens (tertiary/aromatic N) is 3. The Labute approximate surface area is 147 Å². The van der Waals surface area contributed by atoms with Crippen molar-refractivity contribution < 1.29 is 22.4 Å². The van der Waals surface area contributed by atoms with Gasteiger partial charge in [-0.3, -0.25) is 4.79 Å². The zero-order valence-corrected chi connectivity index (χ0v) is 13.9. The smallest absolute Gasteiger partial charge is 0.253 e. The van der Waals surface area contributed by atoms with E-state index in [1.807, 2.05) is 0 Å². The summed E-state index contributed by atoms with van der Waals surface area (Å²) in [4.78, 5) is 20.3. The molecule has 9 heteroatoms. The monoisotopic (exact) mass is 368 g/mol. The van der Waals surface area contributed by atoms with Crippen LogP contribution in [0.3, 0.4) is 0 Å². The summed E-state index contributed by atoms with van der Waals surface area (Å²) in [5, 5.41) is 2.65. The topological polar surface area (TPSA) is 58.1 Å². The van der Waals surface area contributed by atoms with Crippen molar-refractivity contribution in [1.29, 1.82) is 0 Å². The highest BCUT2D eigenvalue weighted by molar-refractivity contribution is 5.92. The van der Waals surface area contributed by atoms with Crippen LogP contribution in [0.2, 0.25) is 0 Å². The van der Waals surface area contributed by atoms with Gasteiger partial charge in [0.2, 0.25) is 17.5 Å². The van der Waals surface area contributed by atoms with Crippen LogP contribution in [0.15, 0.2) is 18.2 Å². The molecule has 1 amide bonds. The molecule has 0 aromatic carbocycles. The van der Waals surface area contributed by atoms with Gasteiger partial charge < -0.3 is 10.2 Å². The molecule has 2 aromatic rings. The number of piperidine rings is 1. The third-order valence-corrected chi connectivity index (χ3v) is 4.22. The van der Waals surface area contributed by atoms with E-state index in [-0.39, 0.29) is 19.0 Å².